The summed E-state index contributed by atoms with van der Waals surface area (Å²) in [6, 6.07) is 8.75. The first-order valence-electron chi connectivity index (χ1n) is 4.96. The maximum Gasteiger partial charge on any atom is -0.00768 e. The molecule has 1 aliphatic heterocycles. The number of allylic oxidation sites excluding steroid dienone is 1. The lowest BCUT2D eigenvalue weighted by atomic mass is 9.85. The molecule has 0 amide bonds. The third kappa shape index (κ3) is 1.25. The number of hydrogen-bond acceptors (Lipinski definition) is 0. The van der Waals surface area contributed by atoms with E-state index in [0.717, 1.165) is 5.92 Å². The van der Waals surface area contributed by atoms with Crippen molar-refractivity contribution in [3.63, 3.8) is 0 Å². The average molecular weight is 187 g/mol. The smallest absolute Gasteiger partial charge is 0.00768 e. The van der Waals surface area contributed by atoms with Crippen molar-refractivity contribution in [2.45, 2.75) is 19.3 Å². The van der Waals surface area contributed by atoms with Crippen LogP contribution in [0.15, 0.2) is 29.6 Å². The van der Waals surface area contributed by atoms with Gasteiger partial charge in [-0.3, -0.25) is 0 Å². The van der Waals surface area contributed by atoms with Crippen LogP contribution in [0.3, 0.4) is 0 Å². The van der Waals surface area contributed by atoms with Gasteiger partial charge in [-0.15, -0.1) is 0 Å². The molecular weight excluding hydrogens is 175 g/mol. The first-order chi connectivity index (χ1) is 6.43. The molecule has 1 heteroatoms. The highest BCUT2D eigenvalue weighted by molar-refractivity contribution is 7.53. The minimum absolute atomic E-state index is 0.911. The Kier molecular flexibility index (Phi) is 1.77. The molecule has 65 valence electrons. The summed E-state index contributed by atoms with van der Waals surface area (Å²) >= 11 is 0. The summed E-state index contributed by atoms with van der Waals surface area (Å²) in [4.78, 5) is 0. The van der Waals surface area contributed by atoms with Crippen molar-refractivity contribution in [2.75, 3.05) is 0 Å². The minimum Gasteiger partial charge on any atom is -0.0616 e. The van der Waals surface area contributed by atoms with E-state index in [0.29, 0.717) is 0 Å². The number of benzene rings is 1. The van der Waals surface area contributed by atoms with Crippen LogP contribution in [0.25, 0.3) is 6.08 Å². The van der Waals surface area contributed by atoms with E-state index in [9.17, 15) is 0 Å². The standard InChI is InChI=1S/C12H12P/c1-2-7-11-10(4-1)8-12(13-11)9-5-3-6-9/h1-2,4,7-9H,3,5-6H2. The number of hydrogen-bond donors (Lipinski definition) is 0. The second-order valence-corrected chi connectivity index (χ2v) is 5.09. The molecule has 0 aromatic heterocycles. The molecule has 1 fully saturated rings. The monoisotopic (exact) mass is 187 g/mol. The van der Waals surface area contributed by atoms with Crippen molar-refractivity contribution in [3.05, 3.63) is 35.1 Å². The Hall–Kier alpha value is -0.610. The van der Waals surface area contributed by atoms with Crippen molar-refractivity contribution in [1.82, 2.24) is 0 Å². The Bertz CT molecular complexity index is 361. The van der Waals surface area contributed by atoms with Crippen LogP contribution >= 0.6 is 8.58 Å². The van der Waals surface area contributed by atoms with Crippen LogP contribution in [-0.4, -0.2) is 0 Å². The third-order valence-electron chi connectivity index (χ3n) is 3.01. The highest BCUT2D eigenvalue weighted by atomic mass is 31.1. The zero-order valence-corrected chi connectivity index (χ0v) is 8.43. The molecule has 1 heterocycles. The lowest BCUT2D eigenvalue weighted by Gasteiger charge is -2.26. The Morgan fingerprint density at radius 2 is 2.00 bits per heavy atom. The summed E-state index contributed by atoms with van der Waals surface area (Å²) in [6.45, 7) is 0. The average Bonchev–Trinajstić information content (AvgIpc) is 2.43. The summed E-state index contributed by atoms with van der Waals surface area (Å²) in [5.74, 6) is 0.911. The quantitative estimate of drug-likeness (QED) is 0.591. The summed E-state index contributed by atoms with van der Waals surface area (Å²) in [6.07, 6.45) is 6.69. The van der Waals surface area contributed by atoms with Gasteiger partial charge in [0.2, 0.25) is 0 Å². The fraction of sp³-hybridized carbons (Fsp3) is 0.333. The summed E-state index contributed by atoms with van der Waals surface area (Å²) in [5.41, 5.74) is 1.45. The largest absolute Gasteiger partial charge is 0.0616 e. The predicted molar refractivity (Wildman–Crippen MR) is 58.3 cm³/mol. The zero-order valence-electron chi connectivity index (χ0n) is 7.53. The Morgan fingerprint density at radius 3 is 2.69 bits per heavy atom. The fourth-order valence-corrected chi connectivity index (χ4v) is 3.31. The molecular formula is C12H12P. The van der Waals surface area contributed by atoms with Crippen molar-refractivity contribution in [2.24, 2.45) is 5.92 Å². The maximum atomic E-state index is 2.40. The van der Waals surface area contributed by atoms with Gasteiger partial charge in [0.05, 0.1) is 0 Å². The van der Waals surface area contributed by atoms with E-state index in [4.69, 9.17) is 0 Å². The molecule has 0 atom stereocenters. The second-order valence-electron chi connectivity index (χ2n) is 3.87. The van der Waals surface area contributed by atoms with Crippen LogP contribution in [0, 0.1) is 5.92 Å². The van der Waals surface area contributed by atoms with Crippen molar-refractivity contribution >= 4 is 20.0 Å². The molecule has 1 aromatic carbocycles. The lowest BCUT2D eigenvalue weighted by Crippen LogP contribution is -2.10. The highest BCUT2D eigenvalue weighted by Crippen LogP contribution is 2.46. The van der Waals surface area contributed by atoms with E-state index >= 15 is 0 Å². The van der Waals surface area contributed by atoms with Crippen molar-refractivity contribution < 1.29 is 0 Å². The third-order valence-corrected chi connectivity index (χ3v) is 4.41. The van der Waals surface area contributed by atoms with E-state index in [2.05, 4.69) is 30.3 Å². The molecule has 1 aliphatic carbocycles. The Morgan fingerprint density at radius 1 is 1.15 bits per heavy atom. The molecule has 1 aromatic rings. The molecule has 1 radical (unpaired) electrons. The van der Waals surface area contributed by atoms with Gasteiger partial charge in [-0.25, -0.2) is 0 Å². The van der Waals surface area contributed by atoms with Gasteiger partial charge >= 0.3 is 0 Å². The molecule has 0 bridgehead atoms. The first-order valence-corrected chi connectivity index (χ1v) is 5.85. The van der Waals surface area contributed by atoms with Gasteiger partial charge in [0.15, 0.2) is 0 Å². The summed E-state index contributed by atoms with van der Waals surface area (Å²) in [7, 11) is 1.48. The zero-order chi connectivity index (χ0) is 8.67. The molecule has 0 saturated heterocycles. The van der Waals surface area contributed by atoms with Crippen LogP contribution in [0.2, 0.25) is 0 Å². The van der Waals surface area contributed by atoms with Gasteiger partial charge in [-0.2, -0.15) is 0 Å². The topological polar surface area (TPSA) is 0 Å². The van der Waals surface area contributed by atoms with E-state index in [1.807, 2.05) is 0 Å². The molecule has 0 spiro atoms. The first kappa shape index (κ1) is 7.76. The van der Waals surface area contributed by atoms with Gasteiger partial charge in [0.1, 0.15) is 0 Å². The van der Waals surface area contributed by atoms with E-state index in [1.165, 1.54) is 38.7 Å². The molecule has 1 saturated carbocycles. The van der Waals surface area contributed by atoms with Crippen LogP contribution < -0.4 is 5.30 Å². The lowest BCUT2D eigenvalue weighted by molar-refractivity contribution is 0.383. The van der Waals surface area contributed by atoms with Gasteiger partial charge < -0.3 is 0 Å². The number of rotatable bonds is 1. The van der Waals surface area contributed by atoms with Crippen molar-refractivity contribution in [3.8, 4) is 0 Å². The summed E-state index contributed by atoms with van der Waals surface area (Å²) < 4.78 is 0. The van der Waals surface area contributed by atoms with Gasteiger partial charge in [0, 0.05) is 0 Å². The second kappa shape index (κ2) is 2.96. The molecule has 0 N–H and O–H groups in total. The Balaban J connectivity index is 1.91. The highest BCUT2D eigenvalue weighted by Gasteiger charge is 2.25. The van der Waals surface area contributed by atoms with Gasteiger partial charge in [-0.1, -0.05) is 30.7 Å². The molecule has 0 nitrogen and oxygen atoms in total. The molecule has 2 aliphatic rings. The predicted octanol–water partition coefficient (Wildman–Crippen LogP) is 3.41. The van der Waals surface area contributed by atoms with Crippen LogP contribution in [0.5, 0.6) is 0 Å². The maximum absolute atomic E-state index is 2.40. The number of fused-ring (bicyclic) bond motifs is 1. The Labute approximate surface area is 80.8 Å². The summed E-state index contributed by atoms with van der Waals surface area (Å²) in [5, 5.41) is 3.16. The molecule has 3 rings (SSSR count). The molecule has 13 heavy (non-hydrogen) atoms. The van der Waals surface area contributed by atoms with E-state index in [-0.39, 0.29) is 0 Å². The normalized spacial score (nSPS) is 22.6. The van der Waals surface area contributed by atoms with E-state index < -0.39 is 0 Å². The van der Waals surface area contributed by atoms with E-state index in [1.54, 1.807) is 5.31 Å². The molecule has 0 unspecified atom stereocenters. The van der Waals surface area contributed by atoms with Crippen LogP contribution in [-0.2, 0) is 0 Å². The van der Waals surface area contributed by atoms with Gasteiger partial charge in [-0.05, 0) is 49.6 Å². The van der Waals surface area contributed by atoms with Crippen molar-refractivity contribution in [1.29, 1.82) is 0 Å². The van der Waals surface area contributed by atoms with Crippen LogP contribution in [0.1, 0.15) is 24.8 Å². The van der Waals surface area contributed by atoms with Gasteiger partial charge in [0.25, 0.3) is 0 Å². The fourth-order valence-electron chi connectivity index (χ4n) is 1.96. The van der Waals surface area contributed by atoms with Crippen LogP contribution in [0.4, 0.5) is 0 Å². The SMILES string of the molecule is C1=C(C2CCC2)[P]c2ccccc21. The minimum atomic E-state index is 0.911.